The Morgan fingerprint density at radius 3 is 2.48 bits per heavy atom. The van der Waals surface area contributed by atoms with E-state index in [-0.39, 0.29) is 0 Å². The minimum absolute atomic E-state index is 1.08. The van der Waals surface area contributed by atoms with Crippen molar-refractivity contribution in [3.8, 4) is 16.9 Å². The second kappa shape index (κ2) is 5.35. The molecule has 0 fully saturated rings. The van der Waals surface area contributed by atoms with Gasteiger partial charge in [0.25, 0.3) is 0 Å². The molecule has 2 heterocycles. The number of nitrogens with one attached hydrogen (secondary N) is 1. The highest BCUT2D eigenvalue weighted by Crippen LogP contribution is 2.32. The van der Waals surface area contributed by atoms with Crippen LogP contribution < -0.4 is 0 Å². The van der Waals surface area contributed by atoms with Gasteiger partial charge in [-0.2, -0.15) is 5.10 Å². The summed E-state index contributed by atoms with van der Waals surface area (Å²) < 4.78 is 2.00. The van der Waals surface area contributed by atoms with Gasteiger partial charge >= 0.3 is 0 Å². The molecule has 0 saturated heterocycles. The van der Waals surface area contributed by atoms with E-state index >= 15 is 0 Å². The third kappa shape index (κ3) is 2.17. The number of H-pyrrole nitrogens is 1. The summed E-state index contributed by atoms with van der Waals surface area (Å²) in [6, 6.07) is 25.2. The highest BCUT2D eigenvalue weighted by atomic mass is 15.3. The summed E-state index contributed by atoms with van der Waals surface area (Å²) >= 11 is 0. The summed E-state index contributed by atoms with van der Waals surface area (Å²) in [6.45, 7) is 2.14. The van der Waals surface area contributed by atoms with E-state index < -0.39 is 0 Å². The van der Waals surface area contributed by atoms with E-state index in [1.807, 2.05) is 29.1 Å². The largest absolute Gasteiger partial charge is 0.354 e. The highest BCUT2D eigenvalue weighted by Gasteiger charge is 2.11. The van der Waals surface area contributed by atoms with Gasteiger partial charge in [-0.25, -0.2) is 4.68 Å². The molecular weight excluding hydrogens is 306 g/mol. The quantitative estimate of drug-likeness (QED) is 0.458. The molecule has 25 heavy (non-hydrogen) atoms. The van der Waals surface area contributed by atoms with Crippen LogP contribution in [0.25, 0.3) is 38.8 Å². The van der Waals surface area contributed by atoms with Crippen LogP contribution >= 0.6 is 0 Å². The number of aromatic nitrogens is 3. The second-order valence-electron chi connectivity index (χ2n) is 6.35. The lowest BCUT2D eigenvalue weighted by Crippen LogP contribution is -1.94. The van der Waals surface area contributed by atoms with E-state index in [9.17, 15) is 0 Å². The van der Waals surface area contributed by atoms with E-state index in [0.717, 1.165) is 27.8 Å². The van der Waals surface area contributed by atoms with Crippen molar-refractivity contribution in [2.24, 2.45) is 0 Å². The fraction of sp³-hybridized carbons (Fsp3) is 0.0455. The number of para-hydroxylation sites is 1. The summed E-state index contributed by atoms with van der Waals surface area (Å²) in [5.74, 6) is 0. The maximum Gasteiger partial charge on any atom is 0.0748 e. The van der Waals surface area contributed by atoms with Crippen LogP contribution in [0.2, 0.25) is 0 Å². The van der Waals surface area contributed by atoms with Crippen LogP contribution in [0, 0.1) is 6.92 Å². The maximum atomic E-state index is 4.62. The van der Waals surface area contributed by atoms with Crippen molar-refractivity contribution in [1.82, 2.24) is 14.8 Å². The molecule has 2 aromatic heterocycles. The molecule has 0 unspecified atom stereocenters. The Balaban J connectivity index is 1.74. The number of benzene rings is 3. The molecule has 0 aliphatic carbocycles. The van der Waals surface area contributed by atoms with Crippen molar-refractivity contribution in [1.29, 1.82) is 0 Å². The first-order valence-electron chi connectivity index (χ1n) is 8.42. The Hall–Kier alpha value is -3.33. The van der Waals surface area contributed by atoms with Crippen LogP contribution in [0.3, 0.4) is 0 Å². The molecular formula is C22H17N3. The summed E-state index contributed by atoms with van der Waals surface area (Å²) in [4.78, 5) is 3.56. The molecule has 0 saturated carbocycles. The van der Waals surface area contributed by atoms with Gasteiger partial charge in [0.15, 0.2) is 0 Å². The Labute approximate surface area is 145 Å². The van der Waals surface area contributed by atoms with Gasteiger partial charge in [-0.15, -0.1) is 0 Å². The molecule has 5 rings (SSSR count). The minimum Gasteiger partial charge on any atom is -0.354 e. The Kier molecular flexibility index (Phi) is 3.01. The average molecular weight is 323 g/mol. The summed E-state index contributed by atoms with van der Waals surface area (Å²) in [7, 11) is 0. The molecule has 0 aliphatic heterocycles. The molecule has 5 aromatic rings. The smallest absolute Gasteiger partial charge is 0.0748 e. The van der Waals surface area contributed by atoms with Gasteiger partial charge in [-0.3, -0.25) is 0 Å². The van der Waals surface area contributed by atoms with E-state index in [1.165, 1.54) is 16.5 Å². The number of aryl methyl sites for hydroxylation is 1. The van der Waals surface area contributed by atoms with Crippen molar-refractivity contribution in [2.45, 2.75) is 6.92 Å². The first-order chi connectivity index (χ1) is 12.3. The second-order valence-corrected chi connectivity index (χ2v) is 6.35. The molecule has 120 valence electrons. The molecule has 0 amide bonds. The van der Waals surface area contributed by atoms with Crippen LogP contribution in [0.4, 0.5) is 0 Å². The molecule has 0 radical (unpaired) electrons. The van der Waals surface area contributed by atoms with Crippen LogP contribution in [0.1, 0.15) is 5.56 Å². The Morgan fingerprint density at radius 1 is 0.840 bits per heavy atom. The van der Waals surface area contributed by atoms with Gasteiger partial charge in [0.05, 0.1) is 17.4 Å². The van der Waals surface area contributed by atoms with E-state index in [4.69, 9.17) is 0 Å². The zero-order chi connectivity index (χ0) is 16.8. The Bertz CT molecular complexity index is 1200. The summed E-state index contributed by atoms with van der Waals surface area (Å²) in [5.41, 5.74) is 6.99. The number of fused-ring (bicyclic) bond motifs is 3. The fourth-order valence-electron chi connectivity index (χ4n) is 3.51. The predicted molar refractivity (Wildman–Crippen MR) is 103 cm³/mol. The zero-order valence-corrected chi connectivity index (χ0v) is 13.9. The molecule has 1 N–H and O–H groups in total. The third-order valence-corrected chi connectivity index (χ3v) is 4.79. The fourth-order valence-corrected chi connectivity index (χ4v) is 3.51. The van der Waals surface area contributed by atoms with Gasteiger partial charge in [0.1, 0.15) is 0 Å². The van der Waals surface area contributed by atoms with Crippen molar-refractivity contribution in [3.05, 3.63) is 84.6 Å². The maximum absolute atomic E-state index is 4.62. The van der Waals surface area contributed by atoms with Crippen molar-refractivity contribution < 1.29 is 0 Å². The van der Waals surface area contributed by atoms with Gasteiger partial charge in [0, 0.05) is 27.5 Å². The molecule has 3 nitrogen and oxygen atoms in total. The Morgan fingerprint density at radius 2 is 1.64 bits per heavy atom. The molecule has 0 atom stereocenters. The molecule has 0 spiro atoms. The SMILES string of the molecule is Cc1ccccc1-c1cc2c(ccc3c2cnn3-c2ccccc2)[nH]1. The van der Waals surface area contributed by atoms with E-state index in [0.29, 0.717) is 0 Å². The van der Waals surface area contributed by atoms with Crippen LogP contribution in [0.15, 0.2) is 79.0 Å². The number of rotatable bonds is 2. The summed E-state index contributed by atoms with van der Waals surface area (Å²) in [6.07, 6.45) is 1.96. The lowest BCUT2D eigenvalue weighted by molar-refractivity contribution is 0.911. The minimum atomic E-state index is 1.08. The van der Waals surface area contributed by atoms with Crippen LogP contribution in [0.5, 0.6) is 0 Å². The van der Waals surface area contributed by atoms with Crippen molar-refractivity contribution in [3.63, 3.8) is 0 Å². The van der Waals surface area contributed by atoms with Crippen molar-refractivity contribution >= 4 is 21.8 Å². The number of nitrogens with zero attached hydrogens (tertiary/aromatic N) is 2. The standard InChI is InChI=1S/C22H17N3/c1-15-7-5-6-10-17(15)21-13-18-19-14-23-25(16-8-3-2-4-9-16)22(19)12-11-20(18)24-21/h2-14,24H,1H3. The van der Waals surface area contributed by atoms with Gasteiger partial charge in [-0.05, 0) is 42.8 Å². The van der Waals surface area contributed by atoms with Gasteiger partial charge in [-0.1, -0.05) is 42.5 Å². The van der Waals surface area contributed by atoms with Gasteiger partial charge < -0.3 is 4.98 Å². The normalized spacial score (nSPS) is 11.4. The van der Waals surface area contributed by atoms with Gasteiger partial charge in [0.2, 0.25) is 0 Å². The predicted octanol–water partition coefficient (Wildman–Crippen LogP) is 5.48. The highest BCUT2D eigenvalue weighted by molar-refractivity contribution is 6.07. The first-order valence-corrected chi connectivity index (χ1v) is 8.42. The lowest BCUT2D eigenvalue weighted by atomic mass is 10.1. The average Bonchev–Trinajstić information content (AvgIpc) is 3.26. The topological polar surface area (TPSA) is 33.6 Å². The summed E-state index contributed by atoms with van der Waals surface area (Å²) in [5, 5.41) is 6.99. The monoisotopic (exact) mass is 323 g/mol. The zero-order valence-electron chi connectivity index (χ0n) is 13.9. The van der Waals surface area contributed by atoms with Crippen LogP contribution in [-0.4, -0.2) is 14.8 Å². The number of hydrogen-bond acceptors (Lipinski definition) is 1. The number of aromatic amines is 1. The van der Waals surface area contributed by atoms with E-state index in [2.05, 4.69) is 71.6 Å². The van der Waals surface area contributed by atoms with E-state index in [1.54, 1.807) is 0 Å². The van der Waals surface area contributed by atoms with Crippen LogP contribution in [-0.2, 0) is 0 Å². The van der Waals surface area contributed by atoms with Crippen molar-refractivity contribution in [2.75, 3.05) is 0 Å². The molecule has 0 aliphatic rings. The lowest BCUT2D eigenvalue weighted by Gasteiger charge is -2.02. The first kappa shape index (κ1) is 14.1. The number of hydrogen-bond donors (Lipinski definition) is 1. The molecule has 0 bridgehead atoms. The third-order valence-electron chi connectivity index (χ3n) is 4.79. The molecule has 3 heteroatoms. The molecule has 3 aromatic carbocycles.